The molecule has 1 aromatic heterocycles. The number of aromatic nitrogens is 1. The zero-order valence-corrected chi connectivity index (χ0v) is 9.66. The second kappa shape index (κ2) is 3.95. The monoisotopic (exact) mass is 214 g/mol. The molecule has 0 saturated carbocycles. The van der Waals surface area contributed by atoms with Crippen molar-refractivity contribution in [3.8, 4) is 0 Å². The van der Waals surface area contributed by atoms with Gasteiger partial charge in [0.25, 0.3) is 0 Å². The van der Waals surface area contributed by atoms with E-state index < -0.39 is 0 Å². The van der Waals surface area contributed by atoms with Crippen molar-refractivity contribution in [2.24, 2.45) is 0 Å². The molecule has 2 aromatic rings. The summed E-state index contributed by atoms with van der Waals surface area (Å²) in [5.41, 5.74) is 2.73. The Morgan fingerprint density at radius 1 is 1.19 bits per heavy atom. The molecule has 16 heavy (non-hydrogen) atoms. The van der Waals surface area contributed by atoms with Crippen LogP contribution in [0.3, 0.4) is 0 Å². The summed E-state index contributed by atoms with van der Waals surface area (Å²) in [6.45, 7) is 2.28. The second-order valence-corrected chi connectivity index (χ2v) is 4.84. The fourth-order valence-electron chi connectivity index (χ4n) is 2.78. The van der Waals surface area contributed by atoms with Crippen LogP contribution in [-0.4, -0.2) is 11.0 Å². The van der Waals surface area contributed by atoms with Crippen LogP contribution in [0.2, 0.25) is 0 Å². The Labute approximate surface area is 96.1 Å². The molecule has 0 spiro atoms. The van der Waals surface area contributed by atoms with Gasteiger partial charge in [0.2, 0.25) is 0 Å². The molecule has 1 aliphatic heterocycles. The molecule has 84 valence electrons. The number of rotatable bonds is 1. The van der Waals surface area contributed by atoms with E-state index in [9.17, 15) is 0 Å². The van der Waals surface area contributed by atoms with Gasteiger partial charge >= 0.3 is 0 Å². The van der Waals surface area contributed by atoms with Gasteiger partial charge in [0.15, 0.2) is 0 Å². The van der Waals surface area contributed by atoms with E-state index in [4.69, 9.17) is 0 Å². The summed E-state index contributed by atoms with van der Waals surface area (Å²) in [4.78, 5) is 3.36. The van der Waals surface area contributed by atoms with Gasteiger partial charge in [-0.05, 0) is 36.8 Å². The molecule has 0 radical (unpaired) electrons. The first-order chi connectivity index (χ1) is 7.84. The van der Waals surface area contributed by atoms with Crippen molar-refractivity contribution in [3.63, 3.8) is 0 Å². The molecular weight excluding hydrogens is 196 g/mol. The van der Waals surface area contributed by atoms with Crippen LogP contribution in [0.1, 0.15) is 37.8 Å². The fraction of sp³-hybridized carbons (Fsp3) is 0.429. The maximum Gasteiger partial charge on any atom is 0.0502 e. The lowest BCUT2D eigenvalue weighted by molar-refractivity contribution is 0.342. The van der Waals surface area contributed by atoms with Gasteiger partial charge in [-0.1, -0.05) is 24.6 Å². The van der Waals surface area contributed by atoms with Gasteiger partial charge in [-0.3, -0.25) is 0 Å². The lowest BCUT2D eigenvalue weighted by atomic mass is 9.93. The van der Waals surface area contributed by atoms with Crippen LogP contribution in [0.4, 0.5) is 0 Å². The van der Waals surface area contributed by atoms with Crippen molar-refractivity contribution in [1.29, 1.82) is 0 Å². The third-order valence-electron chi connectivity index (χ3n) is 3.61. The molecule has 2 atom stereocenters. The summed E-state index contributed by atoms with van der Waals surface area (Å²) < 4.78 is 0. The van der Waals surface area contributed by atoms with Gasteiger partial charge in [-0.25, -0.2) is 0 Å². The first-order valence-corrected chi connectivity index (χ1v) is 6.16. The fourth-order valence-corrected chi connectivity index (χ4v) is 2.78. The number of aromatic amines is 1. The van der Waals surface area contributed by atoms with Crippen molar-refractivity contribution in [2.75, 3.05) is 0 Å². The summed E-state index contributed by atoms with van der Waals surface area (Å²) in [7, 11) is 0. The van der Waals surface area contributed by atoms with E-state index in [0.717, 1.165) is 0 Å². The van der Waals surface area contributed by atoms with Gasteiger partial charge in [0, 0.05) is 18.3 Å². The number of hydrogen-bond acceptors (Lipinski definition) is 1. The Morgan fingerprint density at radius 2 is 2.12 bits per heavy atom. The third-order valence-corrected chi connectivity index (χ3v) is 3.61. The summed E-state index contributed by atoms with van der Waals surface area (Å²) in [6, 6.07) is 9.88. The Bertz CT molecular complexity index is 486. The van der Waals surface area contributed by atoms with Gasteiger partial charge < -0.3 is 10.3 Å². The number of hydrogen-bond donors (Lipinski definition) is 2. The Balaban J connectivity index is 2.01. The molecule has 1 aromatic carbocycles. The molecule has 1 aliphatic rings. The molecule has 0 amide bonds. The number of benzene rings is 1. The zero-order chi connectivity index (χ0) is 11.0. The van der Waals surface area contributed by atoms with Crippen LogP contribution >= 0.6 is 0 Å². The zero-order valence-electron chi connectivity index (χ0n) is 9.66. The average molecular weight is 214 g/mol. The summed E-state index contributed by atoms with van der Waals surface area (Å²) in [5.74, 6) is 0. The maximum atomic E-state index is 3.69. The molecule has 2 nitrogen and oxygen atoms in total. The molecule has 0 aliphatic carbocycles. The van der Waals surface area contributed by atoms with Crippen molar-refractivity contribution in [3.05, 3.63) is 36.0 Å². The predicted octanol–water partition coefficient (Wildman–Crippen LogP) is 3.37. The maximum absolute atomic E-state index is 3.69. The van der Waals surface area contributed by atoms with E-state index in [2.05, 4.69) is 41.5 Å². The summed E-state index contributed by atoms with van der Waals surface area (Å²) in [6.07, 6.45) is 5.91. The predicted molar refractivity (Wildman–Crippen MR) is 67.5 cm³/mol. The summed E-state index contributed by atoms with van der Waals surface area (Å²) >= 11 is 0. The van der Waals surface area contributed by atoms with Gasteiger partial charge in [0.05, 0.1) is 5.52 Å². The Kier molecular flexibility index (Phi) is 2.44. The molecular formula is C14H18N2. The standard InChI is InChI=1S/C14H18N2/c1-10-4-2-7-13(16-10)12-6-3-5-11-8-9-15-14(11)12/h3,5-6,8-10,13,15-16H,2,4,7H2,1H3. The van der Waals surface area contributed by atoms with Crippen LogP contribution in [0.25, 0.3) is 10.9 Å². The van der Waals surface area contributed by atoms with Gasteiger partial charge in [-0.2, -0.15) is 0 Å². The number of para-hydroxylation sites is 1. The lowest BCUT2D eigenvalue weighted by Crippen LogP contribution is -2.34. The van der Waals surface area contributed by atoms with Gasteiger partial charge in [-0.15, -0.1) is 0 Å². The smallest absolute Gasteiger partial charge is 0.0502 e. The quantitative estimate of drug-likeness (QED) is 0.748. The molecule has 2 heterocycles. The number of piperidine rings is 1. The highest BCUT2D eigenvalue weighted by Crippen LogP contribution is 2.29. The summed E-state index contributed by atoms with van der Waals surface area (Å²) in [5, 5.41) is 5.01. The first-order valence-electron chi connectivity index (χ1n) is 6.16. The van der Waals surface area contributed by atoms with Crippen molar-refractivity contribution < 1.29 is 0 Å². The SMILES string of the molecule is CC1CCCC(c2cccc3cc[nH]c23)N1. The molecule has 3 rings (SSSR count). The lowest BCUT2D eigenvalue weighted by Gasteiger charge is -2.29. The van der Waals surface area contributed by atoms with Crippen molar-refractivity contribution >= 4 is 10.9 Å². The number of fused-ring (bicyclic) bond motifs is 1. The molecule has 1 fully saturated rings. The highest BCUT2D eigenvalue weighted by Gasteiger charge is 2.20. The Hall–Kier alpha value is -1.28. The molecule has 1 saturated heterocycles. The van der Waals surface area contributed by atoms with E-state index >= 15 is 0 Å². The van der Waals surface area contributed by atoms with E-state index in [1.165, 1.54) is 35.7 Å². The van der Waals surface area contributed by atoms with Crippen LogP contribution in [0, 0.1) is 0 Å². The Morgan fingerprint density at radius 3 is 3.00 bits per heavy atom. The highest BCUT2D eigenvalue weighted by atomic mass is 15.0. The van der Waals surface area contributed by atoms with Crippen molar-refractivity contribution in [2.45, 2.75) is 38.3 Å². The topological polar surface area (TPSA) is 27.8 Å². The van der Waals surface area contributed by atoms with Crippen LogP contribution in [-0.2, 0) is 0 Å². The molecule has 2 heteroatoms. The third kappa shape index (κ3) is 1.63. The number of nitrogens with one attached hydrogen (secondary N) is 2. The van der Waals surface area contributed by atoms with E-state index in [-0.39, 0.29) is 0 Å². The van der Waals surface area contributed by atoms with E-state index in [0.29, 0.717) is 12.1 Å². The van der Waals surface area contributed by atoms with Crippen LogP contribution in [0.5, 0.6) is 0 Å². The second-order valence-electron chi connectivity index (χ2n) is 4.84. The van der Waals surface area contributed by atoms with Crippen molar-refractivity contribution in [1.82, 2.24) is 10.3 Å². The first kappa shape index (κ1) is 9.91. The molecule has 0 bridgehead atoms. The highest BCUT2D eigenvalue weighted by molar-refractivity contribution is 5.82. The molecule has 2 unspecified atom stereocenters. The number of H-pyrrole nitrogens is 1. The molecule has 2 N–H and O–H groups in total. The van der Waals surface area contributed by atoms with E-state index in [1.54, 1.807) is 0 Å². The van der Waals surface area contributed by atoms with Crippen LogP contribution in [0.15, 0.2) is 30.5 Å². The van der Waals surface area contributed by atoms with E-state index in [1.807, 2.05) is 6.20 Å². The minimum atomic E-state index is 0.520. The largest absolute Gasteiger partial charge is 0.361 e. The minimum absolute atomic E-state index is 0.520. The average Bonchev–Trinajstić information content (AvgIpc) is 2.76. The van der Waals surface area contributed by atoms with Gasteiger partial charge in [0.1, 0.15) is 0 Å². The van der Waals surface area contributed by atoms with Crippen LogP contribution < -0.4 is 5.32 Å². The normalized spacial score (nSPS) is 26.1. The minimum Gasteiger partial charge on any atom is -0.361 e.